The molecule has 11 nitrogen and oxygen atoms in total. The number of nitro groups is 2. The average Bonchev–Trinajstić information content (AvgIpc) is 3.00. The Hall–Kier alpha value is -3.60. The highest BCUT2D eigenvalue weighted by atomic mass is 16.6. The molecule has 0 amide bonds. The maximum atomic E-state index is 13.0. The zero-order chi connectivity index (χ0) is 24.4. The third-order valence-corrected chi connectivity index (χ3v) is 6.36. The number of hydrogen-bond donors (Lipinski definition) is 2. The second-order valence-corrected chi connectivity index (χ2v) is 8.26. The SMILES string of the molecule is CCOC(=O)[C@]12CC=C(C)CC[C@@]1(O)C(/C(C)=N/Nc1ccc([N+](=O)[O-])cc1[N+](=O)[O-])=CC2. The fourth-order valence-electron chi connectivity index (χ4n) is 4.46. The fraction of sp³-hybridized carbons (Fsp3) is 0.455. The maximum absolute atomic E-state index is 13.0. The van der Waals surface area contributed by atoms with Gasteiger partial charge in [0.1, 0.15) is 16.7 Å². The van der Waals surface area contributed by atoms with Crippen molar-refractivity contribution in [2.45, 2.75) is 52.1 Å². The molecule has 0 aromatic heterocycles. The van der Waals surface area contributed by atoms with Crippen molar-refractivity contribution < 1.29 is 24.5 Å². The molecule has 2 aliphatic carbocycles. The van der Waals surface area contributed by atoms with E-state index >= 15 is 0 Å². The molecule has 1 aromatic rings. The lowest BCUT2D eigenvalue weighted by molar-refractivity contribution is -0.393. The predicted octanol–water partition coefficient (Wildman–Crippen LogP) is 4.03. The lowest BCUT2D eigenvalue weighted by Crippen LogP contribution is -2.52. The number of hydrogen-bond acceptors (Lipinski definition) is 9. The van der Waals surface area contributed by atoms with Gasteiger partial charge in [-0.2, -0.15) is 5.10 Å². The number of anilines is 1. The van der Waals surface area contributed by atoms with Gasteiger partial charge < -0.3 is 9.84 Å². The van der Waals surface area contributed by atoms with E-state index in [1.807, 2.05) is 13.0 Å². The van der Waals surface area contributed by atoms with E-state index in [1.54, 1.807) is 19.9 Å². The van der Waals surface area contributed by atoms with Crippen molar-refractivity contribution in [3.63, 3.8) is 0 Å². The molecule has 0 fully saturated rings. The van der Waals surface area contributed by atoms with Gasteiger partial charge in [-0.15, -0.1) is 0 Å². The Morgan fingerprint density at radius 1 is 1.24 bits per heavy atom. The average molecular weight is 458 g/mol. The van der Waals surface area contributed by atoms with Crippen LogP contribution < -0.4 is 5.43 Å². The summed E-state index contributed by atoms with van der Waals surface area (Å²) < 4.78 is 5.32. The summed E-state index contributed by atoms with van der Waals surface area (Å²) in [7, 11) is 0. The number of nitrogens with one attached hydrogen (secondary N) is 1. The molecular formula is C22H26N4O7. The minimum atomic E-state index is -1.52. The number of carbonyl (C=O) groups is 1. The summed E-state index contributed by atoms with van der Waals surface area (Å²) in [5.74, 6) is -0.475. The molecular weight excluding hydrogens is 432 g/mol. The molecule has 0 radical (unpaired) electrons. The van der Waals surface area contributed by atoms with Gasteiger partial charge in [-0.3, -0.25) is 30.4 Å². The van der Waals surface area contributed by atoms with Crippen LogP contribution in [0.2, 0.25) is 0 Å². The molecule has 176 valence electrons. The van der Waals surface area contributed by atoms with Crippen LogP contribution in [0, 0.1) is 25.6 Å². The van der Waals surface area contributed by atoms with Crippen LogP contribution in [-0.2, 0) is 9.53 Å². The Kier molecular flexibility index (Phi) is 6.63. The van der Waals surface area contributed by atoms with Crippen molar-refractivity contribution >= 4 is 28.7 Å². The topological polar surface area (TPSA) is 157 Å². The summed E-state index contributed by atoms with van der Waals surface area (Å²) in [6.07, 6.45) is 5.19. The number of aliphatic hydroxyl groups is 1. The van der Waals surface area contributed by atoms with Crippen LogP contribution in [0.3, 0.4) is 0 Å². The fourth-order valence-corrected chi connectivity index (χ4v) is 4.46. The van der Waals surface area contributed by atoms with E-state index in [2.05, 4.69) is 10.5 Å². The molecule has 0 aliphatic heterocycles. The molecule has 33 heavy (non-hydrogen) atoms. The lowest BCUT2D eigenvalue weighted by atomic mass is 9.67. The smallest absolute Gasteiger partial charge is 0.316 e. The van der Waals surface area contributed by atoms with Crippen molar-refractivity contribution in [2.24, 2.45) is 10.5 Å². The molecule has 0 bridgehead atoms. The number of benzene rings is 1. The molecule has 0 heterocycles. The molecule has 3 rings (SSSR count). The Morgan fingerprint density at radius 2 is 1.94 bits per heavy atom. The number of nitrogens with zero attached hydrogens (tertiary/aromatic N) is 3. The number of esters is 1. The monoisotopic (exact) mass is 458 g/mol. The van der Waals surface area contributed by atoms with Gasteiger partial charge in [-0.05, 0) is 52.5 Å². The van der Waals surface area contributed by atoms with Crippen molar-refractivity contribution in [1.29, 1.82) is 0 Å². The summed E-state index contributed by atoms with van der Waals surface area (Å²) in [4.78, 5) is 33.8. The Balaban J connectivity index is 1.95. The highest BCUT2D eigenvalue weighted by Gasteiger charge is 2.61. The summed E-state index contributed by atoms with van der Waals surface area (Å²) >= 11 is 0. The molecule has 0 unspecified atom stereocenters. The van der Waals surface area contributed by atoms with E-state index in [1.165, 1.54) is 6.07 Å². The molecule has 0 saturated carbocycles. The number of fused-ring (bicyclic) bond motifs is 1. The number of carbonyl (C=O) groups excluding carboxylic acids is 1. The molecule has 11 heteroatoms. The standard InChI is InChI=1S/C22H26N4O7/c1-4-33-20(27)21-10-7-14(2)8-12-22(21,28)17(9-11-21)15(3)23-24-18-6-5-16(25(29)30)13-19(18)26(31)32/h5-7,9,13,24,28H,4,8,10-12H2,1-3H3/b23-15+/t21-,22-/m1/s1. The van der Waals surface area contributed by atoms with E-state index in [-0.39, 0.29) is 18.7 Å². The second kappa shape index (κ2) is 9.10. The van der Waals surface area contributed by atoms with E-state index in [0.717, 1.165) is 17.7 Å². The summed E-state index contributed by atoms with van der Waals surface area (Å²) in [5, 5.41) is 38.3. The highest BCUT2D eigenvalue weighted by Crippen LogP contribution is 2.54. The van der Waals surface area contributed by atoms with Gasteiger partial charge in [0.25, 0.3) is 5.69 Å². The first-order chi connectivity index (χ1) is 15.6. The van der Waals surface area contributed by atoms with Gasteiger partial charge in [-0.25, -0.2) is 0 Å². The quantitative estimate of drug-likeness (QED) is 0.204. The zero-order valence-electron chi connectivity index (χ0n) is 18.7. The van der Waals surface area contributed by atoms with Crippen molar-refractivity contribution in [1.82, 2.24) is 0 Å². The van der Waals surface area contributed by atoms with Crippen molar-refractivity contribution in [2.75, 3.05) is 12.0 Å². The highest BCUT2D eigenvalue weighted by molar-refractivity contribution is 6.03. The molecule has 1 aromatic carbocycles. The van der Waals surface area contributed by atoms with Crippen molar-refractivity contribution in [3.8, 4) is 0 Å². The minimum Gasteiger partial charge on any atom is -0.465 e. The summed E-state index contributed by atoms with van der Waals surface area (Å²) in [6, 6.07) is 3.18. The largest absolute Gasteiger partial charge is 0.465 e. The third-order valence-electron chi connectivity index (χ3n) is 6.36. The Labute approximate surface area is 190 Å². The molecule has 0 spiro atoms. The van der Waals surface area contributed by atoms with Gasteiger partial charge in [0, 0.05) is 11.6 Å². The number of hydrazone groups is 1. The number of ether oxygens (including phenoxy) is 1. The van der Waals surface area contributed by atoms with E-state index in [4.69, 9.17) is 4.74 Å². The third kappa shape index (κ3) is 4.23. The van der Waals surface area contributed by atoms with Crippen LogP contribution >= 0.6 is 0 Å². The van der Waals surface area contributed by atoms with E-state index < -0.39 is 38.2 Å². The Morgan fingerprint density at radius 3 is 2.58 bits per heavy atom. The van der Waals surface area contributed by atoms with Crippen LogP contribution in [0.5, 0.6) is 0 Å². The number of rotatable bonds is 7. The molecule has 0 saturated heterocycles. The van der Waals surface area contributed by atoms with Gasteiger partial charge >= 0.3 is 11.7 Å². The van der Waals surface area contributed by atoms with Crippen molar-refractivity contribution in [3.05, 3.63) is 61.7 Å². The summed E-state index contributed by atoms with van der Waals surface area (Å²) in [6.45, 7) is 5.47. The molecule has 2 aliphatic rings. The van der Waals surface area contributed by atoms with Crippen LogP contribution in [0.4, 0.5) is 17.1 Å². The van der Waals surface area contributed by atoms with Crippen LogP contribution in [0.15, 0.2) is 46.6 Å². The molecule has 2 atom stereocenters. The second-order valence-electron chi connectivity index (χ2n) is 8.26. The first-order valence-corrected chi connectivity index (χ1v) is 10.5. The van der Waals surface area contributed by atoms with Gasteiger partial charge in [-0.1, -0.05) is 17.7 Å². The minimum absolute atomic E-state index is 0.0365. The number of non-ortho nitro benzene ring substituents is 1. The predicted molar refractivity (Wildman–Crippen MR) is 121 cm³/mol. The van der Waals surface area contributed by atoms with Crippen LogP contribution in [0.25, 0.3) is 0 Å². The normalized spacial score (nSPS) is 24.8. The van der Waals surface area contributed by atoms with E-state index in [9.17, 15) is 30.1 Å². The first kappa shape index (κ1) is 24.1. The zero-order valence-corrected chi connectivity index (χ0v) is 18.7. The lowest BCUT2D eigenvalue weighted by Gasteiger charge is -2.41. The summed E-state index contributed by atoms with van der Waals surface area (Å²) in [5.41, 5.74) is 0.792. The first-order valence-electron chi connectivity index (χ1n) is 10.5. The van der Waals surface area contributed by atoms with Gasteiger partial charge in [0.15, 0.2) is 0 Å². The number of nitro benzene ring substituents is 2. The maximum Gasteiger partial charge on any atom is 0.316 e. The van der Waals surface area contributed by atoms with Crippen LogP contribution in [0.1, 0.15) is 46.5 Å². The Bertz CT molecular complexity index is 1090. The van der Waals surface area contributed by atoms with Gasteiger partial charge in [0.2, 0.25) is 0 Å². The van der Waals surface area contributed by atoms with Crippen LogP contribution in [-0.4, -0.2) is 38.8 Å². The van der Waals surface area contributed by atoms with E-state index in [0.29, 0.717) is 30.5 Å². The molecule has 2 N–H and O–H groups in total. The van der Waals surface area contributed by atoms with Gasteiger partial charge in [0.05, 0.1) is 28.2 Å². The number of allylic oxidation sites excluding steroid dienone is 3.